The van der Waals surface area contributed by atoms with Crippen molar-refractivity contribution in [2.45, 2.75) is 6.92 Å². The lowest BCUT2D eigenvalue weighted by Gasteiger charge is -2.05. The molecule has 2 rings (SSSR count). The Morgan fingerprint density at radius 1 is 1.29 bits per heavy atom. The van der Waals surface area contributed by atoms with Gasteiger partial charge in [0.15, 0.2) is 0 Å². The average molecular weight is 284 g/mol. The number of methoxy groups -OCH3 is 1. The number of aryl methyl sites for hydroxylation is 1. The molecular weight excluding hydrogens is 268 g/mol. The maximum absolute atomic E-state index is 11.7. The zero-order valence-corrected chi connectivity index (χ0v) is 11.8. The number of carbonyl (C=O) groups excluding carboxylic acids is 1. The lowest BCUT2D eigenvalue weighted by molar-refractivity contribution is 0.252. The molecular formula is C15H16N4O2. The lowest BCUT2D eigenvalue weighted by Crippen LogP contribution is -2.25. The van der Waals surface area contributed by atoms with E-state index >= 15 is 0 Å². The van der Waals surface area contributed by atoms with Gasteiger partial charge in [-0.05, 0) is 48.4 Å². The van der Waals surface area contributed by atoms with Gasteiger partial charge in [-0.25, -0.2) is 15.2 Å². The molecule has 0 aliphatic carbocycles. The number of hydrogen-bond donors (Lipinski definition) is 2. The summed E-state index contributed by atoms with van der Waals surface area (Å²) in [4.78, 5) is 15.7. The Bertz CT molecular complexity index is 638. The van der Waals surface area contributed by atoms with Gasteiger partial charge in [0.25, 0.3) is 0 Å². The molecule has 1 heterocycles. The van der Waals surface area contributed by atoms with Gasteiger partial charge in [-0.2, -0.15) is 5.10 Å². The third-order valence-corrected chi connectivity index (χ3v) is 2.74. The van der Waals surface area contributed by atoms with E-state index in [9.17, 15) is 4.79 Å². The van der Waals surface area contributed by atoms with Crippen molar-refractivity contribution in [3.05, 3.63) is 53.7 Å². The molecule has 0 spiro atoms. The minimum atomic E-state index is -0.443. The van der Waals surface area contributed by atoms with Crippen LogP contribution in [-0.2, 0) is 0 Å². The molecule has 1 aromatic heterocycles. The van der Waals surface area contributed by atoms with Gasteiger partial charge >= 0.3 is 6.03 Å². The highest BCUT2D eigenvalue weighted by Crippen LogP contribution is 2.10. The highest BCUT2D eigenvalue weighted by Gasteiger charge is 2.03. The predicted octanol–water partition coefficient (Wildman–Crippen LogP) is 2.55. The fraction of sp³-hybridized carbons (Fsp3) is 0.133. The summed E-state index contributed by atoms with van der Waals surface area (Å²) in [5.74, 6) is 1.28. The Kier molecular flexibility index (Phi) is 4.87. The molecule has 0 unspecified atom stereocenters. The number of aromatic nitrogens is 1. The molecule has 0 bridgehead atoms. The Labute approximate surface area is 122 Å². The van der Waals surface area contributed by atoms with Crippen LogP contribution in [0.2, 0.25) is 0 Å². The SMILES string of the molecule is COc1ccc(/C=N/NC(=O)Nc2ncccc2C)cc1. The molecule has 0 atom stereocenters. The second-order valence-corrected chi connectivity index (χ2v) is 4.27. The summed E-state index contributed by atoms with van der Waals surface area (Å²) in [6.07, 6.45) is 3.16. The number of urea groups is 1. The van der Waals surface area contributed by atoms with Crippen LogP contribution in [0.5, 0.6) is 5.75 Å². The number of nitrogens with zero attached hydrogens (tertiary/aromatic N) is 2. The van der Waals surface area contributed by atoms with Crippen molar-refractivity contribution in [3.8, 4) is 5.75 Å². The predicted molar refractivity (Wildman–Crippen MR) is 81.7 cm³/mol. The van der Waals surface area contributed by atoms with Gasteiger partial charge in [-0.15, -0.1) is 0 Å². The normalized spacial score (nSPS) is 10.4. The first kappa shape index (κ1) is 14.5. The average Bonchev–Trinajstić information content (AvgIpc) is 2.50. The Morgan fingerprint density at radius 3 is 2.71 bits per heavy atom. The molecule has 0 saturated carbocycles. The molecule has 108 valence electrons. The number of benzene rings is 1. The molecule has 6 heteroatoms. The highest BCUT2D eigenvalue weighted by atomic mass is 16.5. The summed E-state index contributed by atoms with van der Waals surface area (Å²) in [6, 6.07) is 10.5. The maximum Gasteiger partial charge on any atom is 0.340 e. The summed E-state index contributed by atoms with van der Waals surface area (Å²) in [5, 5.41) is 6.49. The smallest absolute Gasteiger partial charge is 0.340 e. The van der Waals surface area contributed by atoms with Crippen molar-refractivity contribution in [2.75, 3.05) is 12.4 Å². The van der Waals surface area contributed by atoms with E-state index in [0.29, 0.717) is 5.82 Å². The molecule has 1 aromatic carbocycles. The molecule has 21 heavy (non-hydrogen) atoms. The first-order valence-corrected chi connectivity index (χ1v) is 6.35. The molecule has 0 aliphatic heterocycles. The molecule has 2 N–H and O–H groups in total. The van der Waals surface area contributed by atoms with Gasteiger partial charge < -0.3 is 4.74 Å². The van der Waals surface area contributed by atoms with Crippen LogP contribution in [0.3, 0.4) is 0 Å². The number of ether oxygens (including phenoxy) is 1. The Hall–Kier alpha value is -2.89. The van der Waals surface area contributed by atoms with Gasteiger partial charge in [0.1, 0.15) is 11.6 Å². The standard InChI is InChI=1S/C15H16N4O2/c1-11-4-3-9-16-14(11)18-15(20)19-17-10-12-5-7-13(21-2)8-6-12/h3-10H,1-2H3,(H2,16,18,19,20)/b17-10+. The first-order chi connectivity index (χ1) is 10.2. The molecule has 0 saturated heterocycles. The summed E-state index contributed by atoms with van der Waals surface area (Å²) < 4.78 is 5.06. The lowest BCUT2D eigenvalue weighted by atomic mass is 10.2. The van der Waals surface area contributed by atoms with Gasteiger partial charge in [-0.1, -0.05) is 6.07 Å². The third-order valence-electron chi connectivity index (χ3n) is 2.74. The summed E-state index contributed by atoms with van der Waals surface area (Å²) in [5.41, 5.74) is 4.12. The molecule has 0 radical (unpaired) electrons. The quantitative estimate of drug-likeness (QED) is 0.669. The molecule has 0 fully saturated rings. The number of hydrazone groups is 1. The van der Waals surface area contributed by atoms with Gasteiger partial charge in [0.2, 0.25) is 0 Å². The second kappa shape index (κ2) is 7.04. The van der Waals surface area contributed by atoms with Crippen molar-refractivity contribution in [1.29, 1.82) is 0 Å². The van der Waals surface area contributed by atoms with Crippen molar-refractivity contribution in [3.63, 3.8) is 0 Å². The van der Waals surface area contributed by atoms with Crippen LogP contribution < -0.4 is 15.5 Å². The van der Waals surface area contributed by atoms with Crippen LogP contribution in [0.1, 0.15) is 11.1 Å². The van der Waals surface area contributed by atoms with Crippen LogP contribution >= 0.6 is 0 Å². The number of amides is 2. The monoisotopic (exact) mass is 284 g/mol. The second-order valence-electron chi connectivity index (χ2n) is 4.27. The topological polar surface area (TPSA) is 75.6 Å². The zero-order valence-electron chi connectivity index (χ0n) is 11.8. The number of hydrogen-bond acceptors (Lipinski definition) is 4. The van der Waals surface area contributed by atoms with Crippen LogP contribution in [-0.4, -0.2) is 24.3 Å². The van der Waals surface area contributed by atoms with Crippen LogP contribution in [0.15, 0.2) is 47.7 Å². The molecule has 6 nitrogen and oxygen atoms in total. The van der Waals surface area contributed by atoms with E-state index in [2.05, 4.69) is 20.8 Å². The first-order valence-electron chi connectivity index (χ1n) is 6.35. The van der Waals surface area contributed by atoms with E-state index in [4.69, 9.17) is 4.74 Å². The van der Waals surface area contributed by atoms with Crippen LogP contribution in [0.4, 0.5) is 10.6 Å². The third kappa shape index (κ3) is 4.31. The van der Waals surface area contributed by atoms with Crippen molar-refractivity contribution >= 4 is 18.1 Å². The number of carbonyl (C=O) groups is 1. The van der Waals surface area contributed by atoms with E-state index in [0.717, 1.165) is 16.9 Å². The largest absolute Gasteiger partial charge is 0.497 e. The van der Waals surface area contributed by atoms with E-state index in [1.807, 2.05) is 37.3 Å². The minimum absolute atomic E-state index is 0.443. The maximum atomic E-state index is 11.7. The van der Waals surface area contributed by atoms with Gasteiger partial charge in [-0.3, -0.25) is 5.32 Å². The molecule has 0 aliphatic rings. The number of pyridine rings is 1. The van der Waals surface area contributed by atoms with Gasteiger partial charge in [0, 0.05) is 6.20 Å². The highest BCUT2D eigenvalue weighted by molar-refractivity contribution is 5.90. The zero-order chi connectivity index (χ0) is 15.1. The summed E-state index contributed by atoms with van der Waals surface area (Å²) in [6.45, 7) is 1.86. The number of rotatable bonds is 4. The fourth-order valence-electron chi connectivity index (χ4n) is 1.61. The van der Waals surface area contributed by atoms with E-state index in [1.54, 1.807) is 25.6 Å². The summed E-state index contributed by atoms with van der Waals surface area (Å²) >= 11 is 0. The van der Waals surface area contributed by atoms with Crippen LogP contribution in [0.25, 0.3) is 0 Å². The van der Waals surface area contributed by atoms with Crippen molar-refractivity contribution < 1.29 is 9.53 Å². The van der Waals surface area contributed by atoms with E-state index in [-0.39, 0.29) is 0 Å². The Morgan fingerprint density at radius 2 is 2.05 bits per heavy atom. The van der Waals surface area contributed by atoms with Crippen molar-refractivity contribution in [1.82, 2.24) is 10.4 Å². The molecule has 2 aromatic rings. The molecule has 2 amide bonds. The number of nitrogens with one attached hydrogen (secondary N) is 2. The van der Waals surface area contributed by atoms with E-state index < -0.39 is 6.03 Å². The number of anilines is 1. The van der Waals surface area contributed by atoms with E-state index in [1.165, 1.54) is 0 Å². The minimum Gasteiger partial charge on any atom is -0.497 e. The van der Waals surface area contributed by atoms with Crippen LogP contribution in [0, 0.1) is 6.92 Å². The van der Waals surface area contributed by atoms with Gasteiger partial charge in [0.05, 0.1) is 13.3 Å². The summed E-state index contributed by atoms with van der Waals surface area (Å²) in [7, 11) is 1.61. The van der Waals surface area contributed by atoms with Crippen molar-refractivity contribution in [2.24, 2.45) is 5.10 Å². The fourth-order valence-corrected chi connectivity index (χ4v) is 1.61. The Balaban J connectivity index is 1.88.